The number of hydrogen-bond donors (Lipinski definition) is 2. The van der Waals surface area contributed by atoms with E-state index in [0.29, 0.717) is 36.1 Å². The van der Waals surface area contributed by atoms with E-state index in [4.69, 9.17) is 5.73 Å². The molecule has 1 aromatic heterocycles. The van der Waals surface area contributed by atoms with Crippen LogP contribution in [0.5, 0.6) is 0 Å². The Labute approximate surface area is 143 Å². The molecule has 0 bridgehead atoms. The van der Waals surface area contributed by atoms with E-state index in [1.165, 1.54) is 22.6 Å². The number of carbonyl (C=O) groups is 1. The first-order chi connectivity index (χ1) is 10.6. The van der Waals surface area contributed by atoms with Gasteiger partial charge in [0.2, 0.25) is 5.91 Å². The van der Waals surface area contributed by atoms with Crippen molar-refractivity contribution in [2.75, 3.05) is 20.1 Å². The molecule has 1 aromatic rings. The third-order valence-corrected chi connectivity index (χ3v) is 7.15. The average Bonchev–Trinajstić information content (AvgIpc) is 2.93. The van der Waals surface area contributed by atoms with Crippen molar-refractivity contribution in [3.8, 4) is 0 Å². The highest BCUT2D eigenvalue weighted by Crippen LogP contribution is 2.25. The van der Waals surface area contributed by atoms with Gasteiger partial charge < -0.3 is 11.1 Å². The minimum absolute atomic E-state index is 0.01000. The van der Waals surface area contributed by atoms with Gasteiger partial charge in [-0.05, 0) is 30.9 Å². The molecule has 23 heavy (non-hydrogen) atoms. The van der Waals surface area contributed by atoms with Crippen molar-refractivity contribution in [1.82, 2.24) is 9.62 Å². The number of amides is 1. The lowest BCUT2D eigenvalue weighted by Gasteiger charge is -2.20. The zero-order valence-corrected chi connectivity index (χ0v) is 15.8. The van der Waals surface area contributed by atoms with Gasteiger partial charge in [0, 0.05) is 38.0 Å². The fraction of sp³-hybridized carbons (Fsp3) is 0.667. The Kier molecular flexibility index (Phi) is 7.66. The first-order valence-electron chi connectivity index (χ1n) is 7.69. The molecule has 6 nitrogen and oxygen atoms in total. The van der Waals surface area contributed by atoms with Crippen molar-refractivity contribution in [1.29, 1.82) is 0 Å². The molecule has 0 saturated heterocycles. The molecule has 3 N–H and O–H groups in total. The van der Waals surface area contributed by atoms with Crippen molar-refractivity contribution in [2.45, 2.75) is 43.9 Å². The van der Waals surface area contributed by atoms with E-state index >= 15 is 0 Å². The van der Waals surface area contributed by atoms with Crippen molar-refractivity contribution in [3.05, 3.63) is 17.0 Å². The van der Waals surface area contributed by atoms with Gasteiger partial charge >= 0.3 is 0 Å². The Morgan fingerprint density at radius 1 is 1.39 bits per heavy atom. The quantitative estimate of drug-likeness (QED) is 0.696. The predicted octanol–water partition coefficient (Wildman–Crippen LogP) is 1.42. The summed E-state index contributed by atoms with van der Waals surface area (Å²) in [5.74, 6) is 0.240. The molecule has 1 atom stereocenters. The maximum Gasteiger partial charge on any atom is 0.252 e. The largest absolute Gasteiger partial charge is 0.356 e. The number of carbonyl (C=O) groups excluding carboxylic acids is 1. The Morgan fingerprint density at radius 2 is 2.04 bits per heavy atom. The molecule has 0 radical (unpaired) electrons. The van der Waals surface area contributed by atoms with Crippen LogP contribution >= 0.6 is 11.3 Å². The van der Waals surface area contributed by atoms with Gasteiger partial charge in [-0.2, -0.15) is 0 Å². The summed E-state index contributed by atoms with van der Waals surface area (Å²) in [6, 6.07) is 3.42. The third kappa shape index (κ3) is 6.21. The monoisotopic (exact) mass is 361 g/mol. The molecule has 132 valence electrons. The smallest absolute Gasteiger partial charge is 0.252 e. The molecule has 0 aromatic carbocycles. The summed E-state index contributed by atoms with van der Waals surface area (Å²) in [6.45, 7) is 6.43. The van der Waals surface area contributed by atoms with Crippen LogP contribution in [0.4, 0.5) is 0 Å². The highest BCUT2D eigenvalue weighted by molar-refractivity contribution is 7.91. The van der Waals surface area contributed by atoms with Gasteiger partial charge in [-0.15, -0.1) is 11.3 Å². The standard InChI is InChI=1S/C15H27N3O3S2/c1-11(2)14(16)8-10-18(4)23(20,21)15-6-5-13(22-15)7-9-17-12(3)19/h5-6,11,14H,7-10,16H2,1-4H3,(H,17,19). The van der Waals surface area contributed by atoms with Crippen molar-refractivity contribution >= 4 is 27.3 Å². The van der Waals surface area contributed by atoms with E-state index in [2.05, 4.69) is 5.32 Å². The van der Waals surface area contributed by atoms with E-state index in [1.807, 2.05) is 13.8 Å². The van der Waals surface area contributed by atoms with Crippen molar-refractivity contribution < 1.29 is 13.2 Å². The highest BCUT2D eigenvalue weighted by atomic mass is 32.2. The molecule has 0 aliphatic carbocycles. The maximum atomic E-state index is 12.5. The topological polar surface area (TPSA) is 92.5 Å². The molecule has 1 heterocycles. The van der Waals surface area contributed by atoms with Gasteiger partial charge in [-0.25, -0.2) is 12.7 Å². The van der Waals surface area contributed by atoms with Crippen LogP contribution in [-0.4, -0.2) is 44.8 Å². The second kappa shape index (κ2) is 8.77. The molecule has 0 spiro atoms. The summed E-state index contributed by atoms with van der Waals surface area (Å²) in [5.41, 5.74) is 5.98. The molecule has 0 saturated carbocycles. The van der Waals surface area contributed by atoms with Crippen molar-refractivity contribution in [3.63, 3.8) is 0 Å². The minimum atomic E-state index is -3.47. The van der Waals surface area contributed by atoms with E-state index in [9.17, 15) is 13.2 Å². The number of hydrogen-bond acceptors (Lipinski definition) is 5. The minimum Gasteiger partial charge on any atom is -0.356 e. The van der Waals surface area contributed by atoms with Gasteiger partial charge in [0.15, 0.2) is 0 Å². The Balaban J connectivity index is 2.65. The predicted molar refractivity (Wildman–Crippen MR) is 94.0 cm³/mol. The van der Waals surface area contributed by atoms with Crippen molar-refractivity contribution in [2.24, 2.45) is 11.7 Å². The van der Waals surface area contributed by atoms with Gasteiger partial charge in [-0.3, -0.25) is 4.79 Å². The van der Waals surface area contributed by atoms with Gasteiger partial charge in [0.05, 0.1) is 0 Å². The van der Waals surface area contributed by atoms with Crippen LogP contribution in [0.1, 0.15) is 32.1 Å². The van der Waals surface area contributed by atoms with Crippen LogP contribution in [-0.2, 0) is 21.2 Å². The SMILES string of the molecule is CC(=O)NCCc1ccc(S(=O)(=O)N(C)CCC(N)C(C)C)s1. The first kappa shape index (κ1) is 20.1. The van der Waals surface area contributed by atoms with Gasteiger partial charge in [0.25, 0.3) is 10.0 Å². The first-order valence-corrected chi connectivity index (χ1v) is 9.95. The maximum absolute atomic E-state index is 12.5. The molecule has 8 heteroatoms. The van der Waals surface area contributed by atoms with Crippen LogP contribution in [0.15, 0.2) is 16.3 Å². The lowest BCUT2D eigenvalue weighted by Crippen LogP contribution is -2.34. The van der Waals surface area contributed by atoms with Gasteiger partial charge in [0.1, 0.15) is 4.21 Å². The van der Waals surface area contributed by atoms with Crippen LogP contribution in [0.3, 0.4) is 0 Å². The Bertz CT molecular complexity index is 611. The number of thiophene rings is 1. The summed E-state index contributed by atoms with van der Waals surface area (Å²) in [6.07, 6.45) is 1.26. The number of nitrogens with zero attached hydrogens (tertiary/aromatic N) is 1. The summed E-state index contributed by atoms with van der Waals surface area (Å²) >= 11 is 1.25. The molecule has 1 amide bonds. The molecule has 0 fully saturated rings. The van der Waals surface area contributed by atoms with E-state index in [0.717, 1.165) is 4.88 Å². The van der Waals surface area contributed by atoms with E-state index in [1.54, 1.807) is 19.2 Å². The number of sulfonamides is 1. The average molecular weight is 362 g/mol. The second-order valence-corrected chi connectivity index (χ2v) is 9.42. The Hall–Kier alpha value is -0.960. The zero-order valence-electron chi connectivity index (χ0n) is 14.2. The molecule has 1 rings (SSSR count). The molecule has 0 aliphatic heterocycles. The van der Waals surface area contributed by atoms with Crippen LogP contribution in [0, 0.1) is 5.92 Å². The van der Waals surface area contributed by atoms with E-state index in [-0.39, 0.29) is 11.9 Å². The molecule has 0 aliphatic rings. The number of nitrogens with one attached hydrogen (secondary N) is 1. The van der Waals surface area contributed by atoms with Crippen LogP contribution in [0.25, 0.3) is 0 Å². The summed E-state index contributed by atoms with van der Waals surface area (Å²) in [4.78, 5) is 11.8. The Morgan fingerprint density at radius 3 is 2.61 bits per heavy atom. The lowest BCUT2D eigenvalue weighted by molar-refractivity contribution is -0.118. The number of rotatable bonds is 9. The highest BCUT2D eigenvalue weighted by Gasteiger charge is 2.23. The normalized spacial score (nSPS) is 13.5. The fourth-order valence-corrected chi connectivity index (χ4v) is 4.68. The summed E-state index contributed by atoms with van der Waals surface area (Å²) < 4.78 is 26.8. The van der Waals surface area contributed by atoms with E-state index < -0.39 is 10.0 Å². The molecular weight excluding hydrogens is 334 g/mol. The number of nitrogens with two attached hydrogens (primary N) is 1. The lowest BCUT2D eigenvalue weighted by atomic mass is 10.0. The van der Waals surface area contributed by atoms with Crippen LogP contribution in [0.2, 0.25) is 0 Å². The van der Waals surface area contributed by atoms with Gasteiger partial charge in [-0.1, -0.05) is 13.8 Å². The van der Waals surface area contributed by atoms with Crippen LogP contribution < -0.4 is 11.1 Å². The summed E-state index contributed by atoms with van der Waals surface area (Å²) in [7, 11) is -1.89. The second-order valence-electron chi connectivity index (χ2n) is 5.98. The fourth-order valence-electron chi connectivity index (χ4n) is 1.93. The molecular formula is C15H27N3O3S2. The summed E-state index contributed by atoms with van der Waals surface area (Å²) in [5, 5.41) is 2.70. The molecule has 1 unspecified atom stereocenters. The third-order valence-electron chi connectivity index (χ3n) is 3.68. The zero-order chi connectivity index (χ0) is 17.6.